The van der Waals surface area contributed by atoms with Crippen molar-refractivity contribution >= 4 is 16.9 Å². The summed E-state index contributed by atoms with van der Waals surface area (Å²) in [6, 6.07) is 10.0. The van der Waals surface area contributed by atoms with Crippen molar-refractivity contribution < 1.29 is 28.2 Å². The quantitative estimate of drug-likeness (QED) is 0.518. The molecule has 1 aliphatic rings. The van der Waals surface area contributed by atoms with Gasteiger partial charge in [-0.1, -0.05) is 6.07 Å². The van der Waals surface area contributed by atoms with E-state index in [0.29, 0.717) is 41.4 Å². The van der Waals surface area contributed by atoms with Crippen LogP contribution in [0.15, 0.2) is 45.6 Å². The summed E-state index contributed by atoms with van der Waals surface area (Å²) in [5.41, 5.74) is 0.266. The van der Waals surface area contributed by atoms with Gasteiger partial charge in [-0.25, -0.2) is 4.79 Å². The Morgan fingerprint density at radius 2 is 1.81 bits per heavy atom. The van der Waals surface area contributed by atoms with Gasteiger partial charge in [0.15, 0.2) is 17.2 Å². The zero-order valence-corrected chi connectivity index (χ0v) is 14.7. The Balaban J connectivity index is 1.97. The molecule has 0 fully saturated rings. The first-order chi connectivity index (χ1) is 13.1. The summed E-state index contributed by atoms with van der Waals surface area (Å²) in [4.78, 5) is 24.4. The summed E-state index contributed by atoms with van der Waals surface area (Å²) >= 11 is 0. The molecule has 0 unspecified atom stereocenters. The Kier molecular flexibility index (Phi) is 4.19. The van der Waals surface area contributed by atoms with Gasteiger partial charge < -0.3 is 23.4 Å². The third kappa shape index (κ3) is 3.08. The predicted octanol–water partition coefficient (Wildman–Crippen LogP) is 3.17. The second-order valence-electron chi connectivity index (χ2n) is 5.91. The summed E-state index contributed by atoms with van der Waals surface area (Å²) in [5, 5.41) is 0.482. The number of benzene rings is 2. The fourth-order valence-corrected chi connectivity index (χ4v) is 2.98. The van der Waals surface area contributed by atoms with Crippen LogP contribution in [-0.2, 0) is 4.79 Å². The number of esters is 1. The van der Waals surface area contributed by atoms with E-state index in [0.717, 1.165) is 0 Å². The van der Waals surface area contributed by atoms with E-state index in [1.807, 2.05) is 0 Å². The highest BCUT2D eigenvalue weighted by Gasteiger charge is 2.22. The third-order valence-corrected chi connectivity index (χ3v) is 4.14. The first-order valence-electron chi connectivity index (χ1n) is 8.30. The molecule has 0 spiro atoms. The molecular weight excluding hydrogens is 352 g/mol. The molecule has 27 heavy (non-hydrogen) atoms. The van der Waals surface area contributed by atoms with E-state index in [9.17, 15) is 9.59 Å². The highest BCUT2D eigenvalue weighted by molar-refractivity contribution is 5.93. The lowest BCUT2D eigenvalue weighted by Crippen LogP contribution is -2.15. The lowest BCUT2D eigenvalue weighted by atomic mass is 10.0. The molecule has 0 saturated carbocycles. The van der Waals surface area contributed by atoms with Crippen LogP contribution in [-0.4, -0.2) is 26.3 Å². The summed E-state index contributed by atoms with van der Waals surface area (Å²) in [6.45, 7) is 2.15. The molecule has 0 aliphatic carbocycles. The Bertz CT molecular complexity index is 1100. The third-order valence-electron chi connectivity index (χ3n) is 4.14. The Morgan fingerprint density at radius 3 is 2.56 bits per heavy atom. The monoisotopic (exact) mass is 368 g/mol. The minimum Gasteiger partial charge on any atom is -0.497 e. The molecule has 3 aromatic rings. The molecule has 2 heterocycles. The molecule has 138 valence electrons. The number of ether oxygens (including phenoxy) is 4. The van der Waals surface area contributed by atoms with Crippen molar-refractivity contribution in [1.29, 1.82) is 0 Å². The van der Waals surface area contributed by atoms with Gasteiger partial charge in [0.05, 0.1) is 12.5 Å². The van der Waals surface area contributed by atoms with Gasteiger partial charge in [-0.15, -0.1) is 0 Å². The molecule has 0 amide bonds. The molecule has 1 aromatic heterocycles. The van der Waals surface area contributed by atoms with Crippen LogP contribution in [0.25, 0.3) is 22.1 Å². The van der Waals surface area contributed by atoms with Crippen molar-refractivity contribution in [2.24, 2.45) is 0 Å². The Labute approximate surface area is 154 Å². The highest BCUT2D eigenvalue weighted by atomic mass is 16.6. The second kappa shape index (κ2) is 6.68. The number of carbonyl (C=O) groups is 1. The molecular formula is C20H16O7. The van der Waals surface area contributed by atoms with E-state index in [1.54, 1.807) is 36.4 Å². The molecule has 0 bridgehead atoms. The number of rotatable bonds is 3. The van der Waals surface area contributed by atoms with E-state index in [2.05, 4.69) is 0 Å². The van der Waals surface area contributed by atoms with E-state index in [-0.39, 0.29) is 16.9 Å². The number of fused-ring (bicyclic) bond motifs is 2. The van der Waals surface area contributed by atoms with E-state index < -0.39 is 11.6 Å². The van der Waals surface area contributed by atoms with Gasteiger partial charge >= 0.3 is 11.6 Å². The second-order valence-corrected chi connectivity index (χ2v) is 5.91. The smallest absolute Gasteiger partial charge is 0.348 e. The van der Waals surface area contributed by atoms with Crippen molar-refractivity contribution in [3.05, 3.63) is 46.8 Å². The van der Waals surface area contributed by atoms with Gasteiger partial charge in [-0.05, 0) is 29.8 Å². The topological polar surface area (TPSA) is 84.2 Å². The van der Waals surface area contributed by atoms with Crippen molar-refractivity contribution in [2.45, 2.75) is 6.92 Å². The van der Waals surface area contributed by atoms with Gasteiger partial charge in [-0.3, -0.25) is 4.79 Å². The van der Waals surface area contributed by atoms with Crippen LogP contribution in [0.5, 0.6) is 23.0 Å². The van der Waals surface area contributed by atoms with Crippen LogP contribution in [0.4, 0.5) is 0 Å². The number of hydrogen-bond donors (Lipinski definition) is 0. The molecule has 0 atom stereocenters. The minimum atomic E-state index is -0.635. The van der Waals surface area contributed by atoms with Crippen LogP contribution in [0.2, 0.25) is 0 Å². The van der Waals surface area contributed by atoms with Crippen LogP contribution in [0.1, 0.15) is 6.92 Å². The van der Waals surface area contributed by atoms with E-state index in [4.69, 9.17) is 23.4 Å². The molecule has 2 aromatic carbocycles. The Hall–Kier alpha value is -3.48. The summed E-state index contributed by atoms with van der Waals surface area (Å²) in [5.74, 6) is 1.21. The molecule has 1 aliphatic heterocycles. The first kappa shape index (κ1) is 17.0. The number of methoxy groups -OCH3 is 1. The van der Waals surface area contributed by atoms with Crippen LogP contribution in [0.3, 0.4) is 0 Å². The lowest BCUT2D eigenvalue weighted by molar-refractivity contribution is -0.131. The molecule has 0 saturated heterocycles. The van der Waals surface area contributed by atoms with Crippen LogP contribution in [0, 0.1) is 0 Å². The van der Waals surface area contributed by atoms with Gasteiger partial charge in [0, 0.05) is 13.0 Å². The average Bonchev–Trinajstić information content (AvgIpc) is 2.66. The van der Waals surface area contributed by atoms with Crippen LogP contribution >= 0.6 is 0 Å². The lowest BCUT2D eigenvalue weighted by Gasteiger charge is -2.19. The van der Waals surface area contributed by atoms with Crippen molar-refractivity contribution in [1.82, 2.24) is 0 Å². The molecule has 7 heteroatoms. The zero-order valence-electron chi connectivity index (χ0n) is 14.7. The number of carbonyl (C=O) groups excluding carboxylic acids is 1. The van der Waals surface area contributed by atoms with Crippen LogP contribution < -0.4 is 24.6 Å². The molecule has 7 nitrogen and oxygen atoms in total. The summed E-state index contributed by atoms with van der Waals surface area (Å²) in [6.07, 6.45) is 0. The fourth-order valence-electron chi connectivity index (χ4n) is 2.98. The van der Waals surface area contributed by atoms with E-state index in [1.165, 1.54) is 14.0 Å². The highest BCUT2D eigenvalue weighted by Crippen LogP contribution is 2.39. The Morgan fingerprint density at radius 1 is 1.04 bits per heavy atom. The predicted molar refractivity (Wildman–Crippen MR) is 96.8 cm³/mol. The largest absolute Gasteiger partial charge is 0.497 e. The summed E-state index contributed by atoms with van der Waals surface area (Å²) in [7, 11) is 1.51. The van der Waals surface area contributed by atoms with Gasteiger partial charge in [0.2, 0.25) is 0 Å². The maximum absolute atomic E-state index is 12.7. The molecule has 4 rings (SSSR count). The summed E-state index contributed by atoms with van der Waals surface area (Å²) < 4.78 is 27.1. The SMILES string of the molecule is COc1ccc2c(OC(C)=O)c(-c3ccc4c(c3)OCCO4)c(=O)oc2c1. The van der Waals surface area contributed by atoms with Crippen molar-refractivity contribution in [2.75, 3.05) is 20.3 Å². The standard InChI is InChI=1S/C20H16O7/c1-11(21)26-19-14-5-4-13(23-2)10-16(14)27-20(22)18(19)12-3-6-15-17(9-12)25-8-7-24-15/h3-6,9-10H,7-8H2,1-2H3. The average molecular weight is 368 g/mol. The normalized spacial score (nSPS) is 12.7. The zero-order chi connectivity index (χ0) is 19.0. The van der Waals surface area contributed by atoms with E-state index >= 15 is 0 Å². The van der Waals surface area contributed by atoms with Crippen molar-refractivity contribution in [3.63, 3.8) is 0 Å². The maximum atomic E-state index is 12.7. The maximum Gasteiger partial charge on any atom is 0.348 e. The van der Waals surface area contributed by atoms with Crippen molar-refractivity contribution in [3.8, 4) is 34.1 Å². The van der Waals surface area contributed by atoms with Gasteiger partial charge in [0.25, 0.3) is 0 Å². The minimum absolute atomic E-state index is 0.132. The first-order valence-corrected chi connectivity index (χ1v) is 8.30. The molecule has 0 N–H and O–H groups in total. The molecule has 0 radical (unpaired) electrons. The van der Waals surface area contributed by atoms with Gasteiger partial charge in [-0.2, -0.15) is 0 Å². The fraction of sp³-hybridized carbons (Fsp3) is 0.200. The van der Waals surface area contributed by atoms with Gasteiger partial charge in [0.1, 0.15) is 30.1 Å². The number of hydrogen-bond acceptors (Lipinski definition) is 7.